The minimum absolute atomic E-state index is 0.0158. The number of hydrogen-bond donors (Lipinski definition) is 2. The molecule has 1 rings (SSSR count). The van der Waals surface area contributed by atoms with E-state index in [0.29, 0.717) is 29.4 Å². The predicted octanol–water partition coefficient (Wildman–Crippen LogP) is 2.80. The van der Waals surface area contributed by atoms with Crippen molar-refractivity contribution in [2.75, 3.05) is 19.6 Å². The number of nitrogens with zero attached hydrogens (tertiary/aromatic N) is 1. The van der Waals surface area contributed by atoms with E-state index in [1.54, 1.807) is 0 Å². The van der Waals surface area contributed by atoms with Crippen LogP contribution < -0.4 is 5.32 Å². The molecule has 1 heterocycles. The molecule has 2 amide bonds. The first-order valence-electron chi connectivity index (χ1n) is 7.82. The Balaban J connectivity index is 2.27. The number of hydrogen-bond acceptors (Lipinski definition) is 3. The molecule has 0 radical (unpaired) electrons. The lowest BCUT2D eigenvalue weighted by Crippen LogP contribution is -2.48. The van der Waals surface area contributed by atoms with Crippen LogP contribution in [0.4, 0.5) is 4.79 Å². The minimum atomic E-state index is -0.744. The average molecular weight is 316 g/mol. The molecule has 0 spiro atoms. The number of carboxylic acid groups (broad SMARTS) is 1. The van der Waals surface area contributed by atoms with Gasteiger partial charge in [-0.05, 0) is 18.8 Å². The molecule has 0 aromatic rings. The molecule has 21 heavy (non-hydrogen) atoms. The molecule has 1 fully saturated rings. The van der Waals surface area contributed by atoms with Crippen LogP contribution in [-0.4, -0.2) is 52.1 Å². The molecule has 1 saturated heterocycles. The minimum Gasteiger partial charge on any atom is -0.481 e. The number of thioether (sulfide) groups is 1. The van der Waals surface area contributed by atoms with Crippen molar-refractivity contribution in [2.45, 2.75) is 57.0 Å². The molecule has 0 aromatic carbocycles. The van der Waals surface area contributed by atoms with Crippen molar-refractivity contribution in [1.82, 2.24) is 10.2 Å². The summed E-state index contributed by atoms with van der Waals surface area (Å²) in [5.74, 6) is -0.373. The molecule has 3 atom stereocenters. The van der Waals surface area contributed by atoms with Crippen LogP contribution in [0, 0.1) is 5.92 Å². The molecular weight excluding hydrogens is 288 g/mol. The van der Waals surface area contributed by atoms with E-state index in [2.05, 4.69) is 26.1 Å². The standard InChI is InChI=1S/C15H28N2O3S/c1-4-13(5-6-14(18)19)7-8-16-15(20)17-9-11(2)21-12(3)10-17/h11-13H,4-10H2,1-3H3,(H,16,20)(H,18,19). The van der Waals surface area contributed by atoms with Crippen LogP contribution in [-0.2, 0) is 4.79 Å². The molecule has 0 saturated carbocycles. The molecule has 6 heteroatoms. The Bertz CT molecular complexity index is 342. The van der Waals surface area contributed by atoms with Crippen molar-refractivity contribution in [1.29, 1.82) is 0 Å². The lowest BCUT2D eigenvalue weighted by molar-refractivity contribution is -0.137. The Hall–Kier alpha value is -0.910. The van der Waals surface area contributed by atoms with E-state index >= 15 is 0 Å². The van der Waals surface area contributed by atoms with Crippen LogP contribution in [0.25, 0.3) is 0 Å². The van der Waals surface area contributed by atoms with Crippen LogP contribution in [0.5, 0.6) is 0 Å². The highest BCUT2D eigenvalue weighted by molar-refractivity contribution is 8.00. The van der Waals surface area contributed by atoms with Crippen LogP contribution in [0.1, 0.15) is 46.5 Å². The highest BCUT2D eigenvalue weighted by Gasteiger charge is 2.25. The molecule has 122 valence electrons. The fourth-order valence-corrected chi connectivity index (χ4v) is 4.04. The van der Waals surface area contributed by atoms with Gasteiger partial charge in [-0.15, -0.1) is 0 Å². The van der Waals surface area contributed by atoms with Crippen molar-refractivity contribution in [3.63, 3.8) is 0 Å². The Morgan fingerprint density at radius 3 is 2.43 bits per heavy atom. The molecule has 0 aliphatic carbocycles. The number of aliphatic carboxylic acids is 1. The fourth-order valence-electron chi connectivity index (χ4n) is 2.72. The number of carboxylic acids is 1. The maximum absolute atomic E-state index is 12.1. The Morgan fingerprint density at radius 2 is 1.90 bits per heavy atom. The molecule has 1 aliphatic rings. The van der Waals surface area contributed by atoms with E-state index in [1.807, 2.05) is 16.7 Å². The molecule has 5 nitrogen and oxygen atoms in total. The number of amides is 2. The summed E-state index contributed by atoms with van der Waals surface area (Å²) in [7, 11) is 0. The van der Waals surface area contributed by atoms with Crippen molar-refractivity contribution in [2.24, 2.45) is 5.92 Å². The van der Waals surface area contributed by atoms with Crippen molar-refractivity contribution < 1.29 is 14.7 Å². The summed E-state index contributed by atoms with van der Waals surface area (Å²) in [6, 6.07) is 0.0158. The number of carbonyl (C=O) groups excluding carboxylic acids is 1. The van der Waals surface area contributed by atoms with Crippen molar-refractivity contribution >= 4 is 23.8 Å². The summed E-state index contributed by atoms with van der Waals surface area (Å²) in [4.78, 5) is 24.6. The van der Waals surface area contributed by atoms with Gasteiger partial charge >= 0.3 is 12.0 Å². The van der Waals surface area contributed by atoms with E-state index in [0.717, 1.165) is 25.9 Å². The van der Waals surface area contributed by atoms with Gasteiger partial charge in [0, 0.05) is 36.6 Å². The predicted molar refractivity (Wildman–Crippen MR) is 86.8 cm³/mol. The monoisotopic (exact) mass is 316 g/mol. The Labute approximate surface area is 131 Å². The van der Waals surface area contributed by atoms with E-state index < -0.39 is 5.97 Å². The molecule has 0 bridgehead atoms. The quantitative estimate of drug-likeness (QED) is 0.758. The van der Waals surface area contributed by atoms with Gasteiger partial charge in [-0.1, -0.05) is 27.2 Å². The van der Waals surface area contributed by atoms with Crippen LogP contribution in [0.15, 0.2) is 0 Å². The number of nitrogens with one attached hydrogen (secondary N) is 1. The Kier molecular flexibility index (Phi) is 7.93. The SMILES string of the molecule is CCC(CCNC(=O)N1CC(C)SC(C)C1)CCC(=O)O. The largest absolute Gasteiger partial charge is 0.481 e. The maximum atomic E-state index is 12.1. The van der Waals surface area contributed by atoms with Gasteiger partial charge < -0.3 is 15.3 Å². The van der Waals surface area contributed by atoms with Crippen LogP contribution in [0.2, 0.25) is 0 Å². The zero-order valence-corrected chi connectivity index (χ0v) is 14.1. The summed E-state index contributed by atoms with van der Waals surface area (Å²) in [5.41, 5.74) is 0. The van der Waals surface area contributed by atoms with Crippen LogP contribution in [0.3, 0.4) is 0 Å². The van der Waals surface area contributed by atoms with Crippen LogP contribution >= 0.6 is 11.8 Å². The second kappa shape index (κ2) is 9.18. The van der Waals surface area contributed by atoms with E-state index in [1.165, 1.54) is 0 Å². The Morgan fingerprint density at radius 1 is 1.29 bits per heavy atom. The van der Waals surface area contributed by atoms with Gasteiger partial charge in [-0.2, -0.15) is 11.8 Å². The lowest BCUT2D eigenvalue weighted by Gasteiger charge is -2.34. The van der Waals surface area contributed by atoms with Crippen molar-refractivity contribution in [3.8, 4) is 0 Å². The maximum Gasteiger partial charge on any atom is 0.317 e. The zero-order chi connectivity index (χ0) is 15.8. The van der Waals surface area contributed by atoms with E-state index in [-0.39, 0.29) is 12.5 Å². The second-order valence-electron chi connectivity index (χ2n) is 5.89. The molecule has 1 aliphatic heterocycles. The second-order valence-corrected chi connectivity index (χ2v) is 7.77. The summed E-state index contributed by atoms with van der Waals surface area (Å²) in [6.07, 6.45) is 2.71. The fraction of sp³-hybridized carbons (Fsp3) is 0.867. The molecule has 0 aromatic heterocycles. The van der Waals surface area contributed by atoms with E-state index in [9.17, 15) is 9.59 Å². The normalized spacial score (nSPS) is 23.7. The summed E-state index contributed by atoms with van der Waals surface area (Å²) >= 11 is 1.93. The third-order valence-corrected chi connectivity index (χ3v) is 5.11. The first-order chi connectivity index (χ1) is 9.92. The van der Waals surface area contributed by atoms with Gasteiger partial charge in [0.1, 0.15) is 0 Å². The third kappa shape index (κ3) is 7.07. The zero-order valence-electron chi connectivity index (χ0n) is 13.3. The first-order valence-corrected chi connectivity index (χ1v) is 8.76. The van der Waals surface area contributed by atoms with Crippen molar-refractivity contribution in [3.05, 3.63) is 0 Å². The highest BCUT2D eigenvalue weighted by Crippen LogP contribution is 2.24. The van der Waals surface area contributed by atoms with Gasteiger partial charge in [0.05, 0.1) is 0 Å². The highest BCUT2D eigenvalue weighted by atomic mass is 32.2. The summed E-state index contributed by atoms with van der Waals surface area (Å²) < 4.78 is 0. The average Bonchev–Trinajstić information content (AvgIpc) is 2.41. The molecular formula is C15H28N2O3S. The van der Waals surface area contributed by atoms with Gasteiger partial charge in [-0.25, -0.2) is 4.79 Å². The lowest BCUT2D eigenvalue weighted by atomic mass is 9.97. The summed E-state index contributed by atoms with van der Waals surface area (Å²) in [5, 5.41) is 12.7. The van der Waals surface area contributed by atoms with Gasteiger partial charge in [0.15, 0.2) is 0 Å². The molecule has 2 N–H and O–H groups in total. The number of rotatable bonds is 7. The van der Waals surface area contributed by atoms with E-state index in [4.69, 9.17) is 5.11 Å². The van der Waals surface area contributed by atoms with Gasteiger partial charge in [0.2, 0.25) is 0 Å². The topological polar surface area (TPSA) is 69.6 Å². The van der Waals surface area contributed by atoms with Gasteiger partial charge in [-0.3, -0.25) is 4.79 Å². The third-order valence-electron chi connectivity index (χ3n) is 3.88. The number of urea groups is 1. The first kappa shape index (κ1) is 18.1. The smallest absolute Gasteiger partial charge is 0.317 e. The molecule has 3 unspecified atom stereocenters. The number of carbonyl (C=O) groups is 2. The summed E-state index contributed by atoms with van der Waals surface area (Å²) in [6.45, 7) is 8.61. The van der Waals surface area contributed by atoms with Gasteiger partial charge in [0.25, 0.3) is 0 Å².